The highest BCUT2D eigenvalue weighted by atomic mass is 16.2. The van der Waals surface area contributed by atoms with Gasteiger partial charge in [0.05, 0.1) is 0 Å². The number of amides is 4. The highest BCUT2D eigenvalue weighted by Gasteiger charge is 2.33. The maximum absolute atomic E-state index is 12.6. The summed E-state index contributed by atoms with van der Waals surface area (Å²) in [7, 11) is 1.61. The van der Waals surface area contributed by atoms with Crippen LogP contribution in [0.15, 0.2) is 24.3 Å². The first kappa shape index (κ1) is 22.3. The van der Waals surface area contributed by atoms with E-state index in [4.69, 9.17) is 0 Å². The molecule has 0 radical (unpaired) electrons. The van der Waals surface area contributed by atoms with Crippen molar-refractivity contribution in [3.05, 3.63) is 35.4 Å². The fraction of sp³-hybridized carbons (Fsp3) is 0.609. The van der Waals surface area contributed by atoms with Crippen molar-refractivity contribution in [1.29, 1.82) is 0 Å². The average molecular weight is 415 g/mol. The van der Waals surface area contributed by atoms with E-state index in [0.717, 1.165) is 26.1 Å². The van der Waals surface area contributed by atoms with Gasteiger partial charge in [-0.05, 0) is 29.4 Å². The lowest BCUT2D eigenvalue weighted by molar-refractivity contribution is -0.126. The lowest BCUT2D eigenvalue weighted by Crippen LogP contribution is -2.51. The van der Waals surface area contributed by atoms with Gasteiger partial charge in [0.25, 0.3) is 0 Å². The molecule has 164 valence electrons. The number of urea groups is 1. The topological polar surface area (TPSA) is 73.0 Å². The second-order valence-electron chi connectivity index (χ2n) is 9.53. The van der Waals surface area contributed by atoms with E-state index >= 15 is 0 Å². The molecule has 3 rings (SSSR count). The highest BCUT2D eigenvalue weighted by molar-refractivity contribution is 6.01. The van der Waals surface area contributed by atoms with Crippen molar-refractivity contribution in [2.24, 2.45) is 5.41 Å². The molecule has 1 aromatic rings. The van der Waals surface area contributed by atoms with Gasteiger partial charge in [-0.2, -0.15) is 0 Å². The lowest BCUT2D eigenvalue weighted by Gasteiger charge is -2.38. The number of imide groups is 1. The smallest absolute Gasteiger partial charge is 0.326 e. The van der Waals surface area contributed by atoms with Gasteiger partial charge in [-0.1, -0.05) is 45.0 Å². The van der Waals surface area contributed by atoms with Crippen molar-refractivity contribution in [1.82, 2.24) is 20.0 Å². The molecule has 2 aliphatic rings. The van der Waals surface area contributed by atoms with Crippen LogP contribution in [0.1, 0.15) is 44.7 Å². The summed E-state index contributed by atoms with van der Waals surface area (Å²) < 4.78 is 0. The van der Waals surface area contributed by atoms with Crippen molar-refractivity contribution in [3.63, 3.8) is 0 Å². The molecule has 1 saturated heterocycles. The molecule has 1 aromatic carbocycles. The summed E-state index contributed by atoms with van der Waals surface area (Å²) in [6.45, 7) is 9.55. The molecule has 2 aliphatic heterocycles. The van der Waals surface area contributed by atoms with Crippen molar-refractivity contribution >= 4 is 17.8 Å². The third kappa shape index (κ3) is 5.39. The van der Waals surface area contributed by atoms with E-state index in [2.05, 4.69) is 55.3 Å². The summed E-state index contributed by atoms with van der Waals surface area (Å²) in [6, 6.07) is 8.30. The van der Waals surface area contributed by atoms with Crippen LogP contribution in [0.2, 0.25) is 0 Å². The number of nitrogens with one attached hydrogen (secondary N) is 1. The normalized spacial score (nSPS) is 18.5. The minimum atomic E-state index is -0.279. The van der Waals surface area contributed by atoms with E-state index in [1.54, 1.807) is 7.05 Å². The molecule has 0 spiro atoms. The third-order valence-corrected chi connectivity index (χ3v) is 6.05. The lowest BCUT2D eigenvalue weighted by atomic mass is 9.85. The van der Waals surface area contributed by atoms with Gasteiger partial charge in [-0.3, -0.25) is 19.4 Å². The second kappa shape index (κ2) is 9.16. The molecule has 4 amide bonds. The van der Waals surface area contributed by atoms with E-state index in [1.165, 1.54) is 20.9 Å². The molecule has 1 atom stereocenters. The van der Waals surface area contributed by atoms with Gasteiger partial charge in [0.15, 0.2) is 0 Å². The van der Waals surface area contributed by atoms with Gasteiger partial charge in [0.1, 0.15) is 6.54 Å². The molecule has 0 saturated carbocycles. The first-order valence-electron chi connectivity index (χ1n) is 10.8. The van der Waals surface area contributed by atoms with E-state index in [-0.39, 0.29) is 35.8 Å². The van der Waals surface area contributed by atoms with Gasteiger partial charge in [0, 0.05) is 45.7 Å². The molecule has 1 N–H and O–H groups in total. The highest BCUT2D eigenvalue weighted by Crippen LogP contribution is 2.24. The largest absolute Gasteiger partial charge is 0.352 e. The minimum absolute atomic E-state index is 0.0245. The summed E-state index contributed by atoms with van der Waals surface area (Å²) in [5.41, 5.74) is 2.71. The summed E-state index contributed by atoms with van der Waals surface area (Å²) in [5.74, 6) is -0.222. The number of fused-ring (bicyclic) bond motifs is 1. The van der Waals surface area contributed by atoms with Crippen molar-refractivity contribution in [2.45, 2.75) is 52.6 Å². The monoisotopic (exact) mass is 414 g/mol. The molecular weight excluding hydrogens is 380 g/mol. The fourth-order valence-corrected chi connectivity index (χ4v) is 4.06. The number of nitrogens with zero attached hydrogens (tertiary/aromatic N) is 3. The second-order valence-corrected chi connectivity index (χ2v) is 9.53. The zero-order valence-corrected chi connectivity index (χ0v) is 18.6. The summed E-state index contributed by atoms with van der Waals surface area (Å²) in [6.07, 6.45) is 1.81. The number of carbonyl (C=O) groups excluding carboxylic acids is 3. The minimum Gasteiger partial charge on any atom is -0.352 e. The molecule has 2 heterocycles. The van der Waals surface area contributed by atoms with Crippen LogP contribution in [-0.4, -0.2) is 71.8 Å². The average Bonchev–Trinajstić information content (AvgIpc) is 2.92. The van der Waals surface area contributed by atoms with Crippen LogP contribution in [0, 0.1) is 5.41 Å². The maximum Gasteiger partial charge on any atom is 0.326 e. The first-order chi connectivity index (χ1) is 14.1. The summed E-state index contributed by atoms with van der Waals surface area (Å²) >= 11 is 0. The molecule has 30 heavy (non-hydrogen) atoms. The zero-order valence-electron chi connectivity index (χ0n) is 18.6. The molecule has 0 bridgehead atoms. The fourth-order valence-electron chi connectivity index (χ4n) is 4.06. The van der Waals surface area contributed by atoms with Gasteiger partial charge < -0.3 is 10.2 Å². The Morgan fingerprint density at radius 2 is 1.83 bits per heavy atom. The molecule has 7 nitrogen and oxygen atoms in total. The Morgan fingerprint density at radius 3 is 2.47 bits per heavy atom. The van der Waals surface area contributed by atoms with Crippen LogP contribution in [0.25, 0.3) is 0 Å². The molecule has 7 heteroatoms. The van der Waals surface area contributed by atoms with Gasteiger partial charge in [-0.15, -0.1) is 0 Å². The van der Waals surface area contributed by atoms with Crippen molar-refractivity contribution in [2.75, 3.05) is 33.2 Å². The zero-order chi connectivity index (χ0) is 21.9. The third-order valence-electron chi connectivity index (χ3n) is 6.05. The predicted octanol–water partition coefficient (Wildman–Crippen LogP) is 2.25. The van der Waals surface area contributed by atoms with Crippen molar-refractivity contribution in [3.8, 4) is 0 Å². The van der Waals surface area contributed by atoms with Crippen LogP contribution >= 0.6 is 0 Å². The van der Waals surface area contributed by atoms with Crippen LogP contribution in [0.4, 0.5) is 4.79 Å². The number of hydrogen-bond acceptors (Lipinski definition) is 4. The predicted molar refractivity (Wildman–Crippen MR) is 116 cm³/mol. The van der Waals surface area contributed by atoms with E-state index in [9.17, 15) is 14.4 Å². The number of likely N-dealkylation sites (N-methyl/N-ethyl adjacent to an activating group) is 1. The van der Waals surface area contributed by atoms with E-state index in [1.807, 2.05) is 0 Å². The Kier molecular flexibility index (Phi) is 6.81. The SMILES string of the molecule is CN1CC(=O)N(CCCC(=O)NC(CN2CCc3ccccc3C2)C(C)(C)C)C1=O. The Hall–Kier alpha value is -2.41. The van der Waals surface area contributed by atoms with Crippen LogP contribution in [0.3, 0.4) is 0 Å². The van der Waals surface area contributed by atoms with Crippen molar-refractivity contribution < 1.29 is 14.4 Å². The molecule has 0 aromatic heterocycles. The van der Waals surface area contributed by atoms with Crippen LogP contribution in [0.5, 0.6) is 0 Å². The molecular formula is C23H34N4O3. The Morgan fingerprint density at radius 1 is 1.13 bits per heavy atom. The number of hydrogen-bond donors (Lipinski definition) is 1. The van der Waals surface area contributed by atoms with Crippen LogP contribution in [-0.2, 0) is 22.6 Å². The number of carbonyl (C=O) groups is 3. The standard InChI is InChI=1S/C23H34N4O3/c1-23(2,3)19(15-26-13-11-17-8-5-6-9-18(17)14-26)24-20(28)10-7-12-27-21(29)16-25(4)22(27)30/h5-6,8-9,19H,7,10-16H2,1-4H3,(H,24,28). The molecule has 1 fully saturated rings. The Labute approximate surface area is 179 Å². The Balaban J connectivity index is 1.51. The quantitative estimate of drug-likeness (QED) is 0.695. The molecule has 1 unspecified atom stereocenters. The number of benzene rings is 1. The maximum atomic E-state index is 12.6. The molecule has 0 aliphatic carbocycles. The summed E-state index contributed by atoms with van der Waals surface area (Å²) in [5, 5.41) is 3.21. The Bertz CT molecular complexity index is 802. The van der Waals surface area contributed by atoms with Crippen LogP contribution < -0.4 is 5.32 Å². The van der Waals surface area contributed by atoms with E-state index in [0.29, 0.717) is 19.4 Å². The van der Waals surface area contributed by atoms with Gasteiger partial charge in [0.2, 0.25) is 11.8 Å². The summed E-state index contributed by atoms with van der Waals surface area (Å²) in [4.78, 5) is 41.4. The first-order valence-corrected chi connectivity index (χ1v) is 10.8. The van der Waals surface area contributed by atoms with Gasteiger partial charge >= 0.3 is 6.03 Å². The van der Waals surface area contributed by atoms with E-state index < -0.39 is 0 Å². The van der Waals surface area contributed by atoms with Gasteiger partial charge in [-0.25, -0.2) is 4.79 Å². The number of rotatable bonds is 7.